The van der Waals surface area contributed by atoms with Crippen molar-refractivity contribution in [2.45, 2.75) is 0 Å². The maximum atomic E-state index is 10.4. The van der Waals surface area contributed by atoms with Crippen molar-refractivity contribution in [3.8, 4) is 51.8 Å². The lowest BCUT2D eigenvalue weighted by Crippen LogP contribution is -1.99. The van der Waals surface area contributed by atoms with Gasteiger partial charge < -0.3 is 9.13 Å². The highest BCUT2D eigenvalue weighted by atomic mass is 15.0. The van der Waals surface area contributed by atoms with Crippen LogP contribution in [0.25, 0.3) is 77.2 Å². The maximum absolute atomic E-state index is 10.4. The summed E-state index contributed by atoms with van der Waals surface area (Å²) >= 11 is 0. The molecule has 5 nitrogen and oxygen atoms in total. The lowest BCUT2D eigenvalue weighted by Gasteiger charge is -2.16. The Morgan fingerprint density at radius 3 is 1.76 bits per heavy atom. The molecule has 0 saturated carbocycles. The number of nitriles is 3. The standard InChI is InChI=1S/C45H25N5/c46-26-29-16-22-42-39(23-29)37-11-2-4-13-41(37)50(42)43-14-6-9-34(28-48)45(43)33-8-5-7-32(25-33)31-17-19-35(20-18-31)49-40-12-3-1-10-36(40)38-21-15-30(27-47)24-44(38)49/h1-25H. The number of hydrogen-bond acceptors (Lipinski definition) is 3. The van der Waals surface area contributed by atoms with Gasteiger partial charge in [0.15, 0.2) is 0 Å². The first-order chi connectivity index (χ1) is 24.7. The largest absolute Gasteiger partial charge is 0.309 e. The first kappa shape index (κ1) is 28.8. The van der Waals surface area contributed by atoms with Crippen LogP contribution in [-0.4, -0.2) is 9.13 Å². The van der Waals surface area contributed by atoms with Crippen LogP contribution < -0.4 is 0 Å². The van der Waals surface area contributed by atoms with Crippen LogP contribution in [-0.2, 0) is 0 Å². The van der Waals surface area contributed by atoms with Crippen LogP contribution in [0.1, 0.15) is 16.7 Å². The van der Waals surface area contributed by atoms with Crippen molar-refractivity contribution in [2.75, 3.05) is 0 Å². The van der Waals surface area contributed by atoms with E-state index in [1.54, 1.807) is 0 Å². The highest BCUT2D eigenvalue weighted by Gasteiger charge is 2.19. The topological polar surface area (TPSA) is 81.2 Å². The van der Waals surface area contributed by atoms with Gasteiger partial charge >= 0.3 is 0 Å². The molecule has 0 radical (unpaired) electrons. The van der Waals surface area contributed by atoms with Gasteiger partial charge in [0.05, 0.1) is 62.7 Å². The molecular weight excluding hydrogens is 611 g/mol. The van der Waals surface area contributed by atoms with Crippen molar-refractivity contribution in [3.05, 3.63) is 168 Å². The second kappa shape index (κ2) is 11.4. The fourth-order valence-electron chi connectivity index (χ4n) is 7.40. The molecule has 2 aromatic heterocycles. The van der Waals surface area contributed by atoms with Gasteiger partial charge in [-0.15, -0.1) is 0 Å². The zero-order chi connectivity index (χ0) is 33.8. The van der Waals surface area contributed by atoms with Crippen LogP contribution in [0.4, 0.5) is 0 Å². The van der Waals surface area contributed by atoms with E-state index >= 15 is 0 Å². The van der Waals surface area contributed by atoms with E-state index in [0.29, 0.717) is 16.7 Å². The van der Waals surface area contributed by atoms with Gasteiger partial charge in [-0.2, -0.15) is 15.8 Å². The molecule has 5 heteroatoms. The molecule has 7 aromatic carbocycles. The fraction of sp³-hybridized carbons (Fsp3) is 0. The monoisotopic (exact) mass is 635 g/mol. The Balaban J connectivity index is 1.19. The van der Waals surface area contributed by atoms with Gasteiger partial charge in [-0.25, -0.2) is 0 Å². The molecule has 2 heterocycles. The summed E-state index contributed by atoms with van der Waals surface area (Å²) in [5, 5.41) is 33.9. The molecule has 0 atom stereocenters. The second-order valence-electron chi connectivity index (χ2n) is 12.3. The van der Waals surface area contributed by atoms with E-state index in [2.05, 4.69) is 100 Å². The highest BCUT2D eigenvalue weighted by Crippen LogP contribution is 2.39. The predicted octanol–water partition coefficient (Wildman–Crippen LogP) is 10.8. The average molecular weight is 636 g/mol. The lowest BCUT2D eigenvalue weighted by molar-refractivity contribution is 1.18. The maximum Gasteiger partial charge on any atom is 0.0998 e. The molecule has 0 aliphatic heterocycles. The molecule has 9 rings (SSSR count). The van der Waals surface area contributed by atoms with E-state index in [0.717, 1.165) is 77.2 Å². The molecular formula is C45H25N5. The molecule has 0 spiro atoms. The van der Waals surface area contributed by atoms with Crippen molar-refractivity contribution in [2.24, 2.45) is 0 Å². The number of hydrogen-bond donors (Lipinski definition) is 0. The Labute approximate surface area is 287 Å². The number of rotatable bonds is 4. The Hall–Kier alpha value is -7.39. The summed E-state index contributed by atoms with van der Waals surface area (Å²) in [5.74, 6) is 0. The summed E-state index contributed by atoms with van der Waals surface area (Å²) in [6.07, 6.45) is 0. The lowest BCUT2D eigenvalue weighted by atomic mass is 9.94. The Kier molecular flexibility index (Phi) is 6.56. The molecule has 0 saturated heterocycles. The number of para-hydroxylation sites is 2. The molecule has 9 aromatic rings. The summed E-state index contributed by atoms with van der Waals surface area (Å²) in [6, 6.07) is 57.8. The van der Waals surface area contributed by atoms with Crippen molar-refractivity contribution in [3.63, 3.8) is 0 Å². The Morgan fingerprint density at radius 1 is 0.380 bits per heavy atom. The van der Waals surface area contributed by atoms with Crippen LogP contribution in [0.2, 0.25) is 0 Å². The summed E-state index contributed by atoms with van der Waals surface area (Å²) < 4.78 is 4.42. The van der Waals surface area contributed by atoms with Gasteiger partial charge in [0, 0.05) is 32.8 Å². The second-order valence-corrected chi connectivity index (χ2v) is 12.3. The van der Waals surface area contributed by atoms with Crippen LogP contribution in [0.3, 0.4) is 0 Å². The van der Waals surface area contributed by atoms with Gasteiger partial charge in [-0.3, -0.25) is 0 Å². The van der Waals surface area contributed by atoms with Gasteiger partial charge in [0.25, 0.3) is 0 Å². The molecule has 0 amide bonds. The summed E-state index contributed by atoms with van der Waals surface area (Å²) in [7, 11) is 0. The minimum Gasteiger partial charge on any atom is -0.309 e. The van der Waals surface area contributed by atoms with Crippen molar-refractivity contribution in [1.82, 2.24) is 9.13 Å². The summed E-state index contributed by atoms with van der Waals surface area (Å²) in [6.45, 7) is 0. The van der Waals surface area contributed by atoms with Gasteiger partial charge in [0.2, 0.25) is 0 Å². The number of benzene rings is 7. The van der Waals surface area contributed by atoms with Crippen LogP contribution in [0.15, 0.2) is 152 Å². The minimum atomic E-state index is 0.581. The number of fused-ring (bicyclic) bond motifs is 6. The molecule has 0 aliphatic carbocycles. The SMILES string of the molecule is N#Cc1ccc2c(c1)c1ccccc1n2-c1cccc(C#N)c1-c1cccc(-c2ccc(-n3c4ccccc4c4ccc(C#N)cc43)cc2)c1. The third-order valence-electron chi connectivity index (χ3n) is 9.62. The van der Waals surface area contributed by atoms with Gasteiger partial charge in [-0.05, 0) is 89.5 Å². The highest BCUT2D eigenvalue weighted by molar-refractivity contribution is 6.11. The third-order valence-corrected chi connectivity index (χ3v) is 9.62. The van der Waals surface area contributed by atoms with Gasteiger partial charge in [0.1, 0.15) is 0 Å². The molecule has 0 bridgehead atoms. The zero-order valence-corrected chi connectivity index (χ0v) is 26.7. The first-order valence-electron chi connectivity index (χ1n) is 16.3. The van der Waals surface area contributed by atoms with Crippen molar-refractivity contribution < 1.29 is 0 Å². The third kappa shape index (κ3) is 4.38. The molecule has 0 unspecified atom stereocenters. The molecule has 0 fully saturated rings. The van der Waals surface area contributed by atoms with E-state index in [9.17, 15) is 15.8 Å². The first-order valence-corrected chi connectivity index (χ1v) is 16.3. The van der Waals surface area contributed by atoms with Crippen LogP contribution in [0.5, 0.6) is 0 Å². The molecule has 230 valence electrons. The summed E-state index contributed by atoms with van der Waals surface area (Å²) in [4.78, 5) is 0. The molecule has 0 N–H and O–H groups in total. The molecule has 0 aliphatic rings. The smallest absolute Gasteiger partial charge is 0.0998 e. The predicted molar refractivity (Wildman–Crippen MR) is 200 cm³/mol. The summed E-state index contributed by atoms with van der Waals surface area (Å²) in [5.41, 5.74) is 11.6. The molecule has 50 heavy (non-hydrogen) atoms. The Bertz CT molecular complexity index is 2960. The Morgan fingerprint density at radius 2 is 1.00 bits per heavy atom. The van der Waals surface area contributed by atoms with E-state index < -0.39 is 0 Å². The van der Waals surface area contributed by atoms with E-state index in [1.807, 2.05) is 78.9 Å². The minimum absolute atomic E-state index is 0.581. The van der Waals surface area contributed by atoms with Crippen molar-refractivity contribution >= 4 is 43.6 Å². The normalized spacial score (nSPS) is 11.1. The number of nitrogens with zero attached hydrogens (tertiary/aromatic N) is 5. The van der Waals surface area contributed by atoms with Crippen LogP contribution >= 0.6 is 0 Å². The van der Waals surface area contributed by atoms with E-state index in [1.165, 1.54) is 0 Å². The average Bonchev–Trinajstić information content (AvgIpc) is 3.69. The number of aromatic nitrogens is 2. The van der Waals surface area contributed by atoms with E-state index in [-0.39, 0.29) is 0 Å². The van der Waals surface area contributed by atoms with Crippen LogP contribution in [0, 0.1) is 34.0 Å². The quantitative estimate of drug-likeness (QED) is 0.193. The zero-order valence-electron chi connectivity index (χ0n) is 26.7. The van der Waals surface area contributed by atoms with Crippen molar-refractivity contribution in [1.29, 1.82) is 15.8 Å². The fourth-order valence-corrected chi connectivity index (χ4v) is 7.40. The van der Waals surface area contributed by atoms with Gasteiger partial charge in [-0.1, -0.05) is 78.9 Å². The van der Waals surface area contributed by atoms with E-state index in [4.69, 9.17) is 0 Å².